The Morgan fingerprint density at radius 2 is 2.08 bits per heavy atom. The lowest BCUT2D eigenvalue weighted by atomic mass is 9.99. The first-order valence-electron chi connectivity index (χ1n) is 8.99. The highest BCUT2D eigenvalue weighted by Crippen LogP contribution is 2.28. The zero-order valence-corrected chi connectivity index (χ0v) is 14.8. The summed E-state index contributed by atoms with van der Waals surface area (Å²) in [6.45, 7) is 2.80. The monoisotopic (exact) mass is 347 g/mol. The van der Waals surface area contributed by atoms with Crippen LogP contribution in [0.1, 0.15) is 29.7 Å². The third kappa shape index (κ3) is 3.12. The maximum atomic E-state index is 12.8. The van der Waals surface area contributed by atoms with Crippen LogP contribution in [0.25, 0.3) is 11.0 Å². The van der Waals surface area contributed by atoms with Gasteiger partial charge in [0, 0.05) is 25.1 Å². The Morgan fingerprint density at radius 1 is 1.23 bits per heavy atom. The quantitative estimate of drug-likeness (QED) is 0.791. The summed E-state index contributed by atoms with van der Waals surface area (Å²) in [5, 5.41) is 0. The van der Waals surface area contributed by atoms with Crippen molar-refractivity contribution in [3.8, 4) is 0 Å². The van der Waals surface area contributed by atoms with E-state index in [4.69, 9.17) is 0 Å². The normalized spacial score (nSPS) is 13.7. The topological polar surface area (TPSA) is 66.1 Å². The molecule has 26 heavy (non-hydrogen) atoms. The van der Waals surface area contributed by atoms with Crippen LogP contribution >= 0.6 is 0 Å². The van der Waals surface area contributed by atoms with Crippen LogP contribution < -0.4 is 10.5 Å². The van der Waals surface area contributed by atoms with Crippen LogP contribution in [-0.4, -0.2) is 22.4 Å². The number of para-hydroxylation sites is 2. The van der Waals surface area contributed by atoms with Crippen molar-refractivity contribution in [1.82, 2.24) is 9.97 Å². The number of aromatic nitrogens is 2. The summed E-state index contributed by atoms with van der Waals surface area (Å²) in [5.74, 6) is 0.0455. The van der Waals surface area contributed by atoms with Crippen molar-refractivity contribution >= 4 is 22.6 Å². The van der Waals surface area contributed by atoms with Gasteiger partial charge < -0.3 is 9.88 Å². The van der Waals surface area contributed by atoms with E-state index in [0.717, 1.165) is 30.6 Å². The summed E-state index contributed by atoms with van der Waals surface area (Å²) >= 11 is 0. The van der Waals surface area contributed by atoms with E-state index in [0.29, 0.717) is 17.6 Å². The first-order chi connectivity index (χ1) is 12.6. The molecule has 0 aliphatic carbocycles. The van der Waals surface area contributed by atoms with Crippen LogP contribution in [0.3, 0.4) is 0 Å². The lowest BCUT2D eigenvalue weighted by Gasteiger charge is -2.29. The fraction of sp³-hybridized carbons (Fsp3) is 0.286. The van der Waals surface area contributed by atoms with E-state index in [-0.39, 0.29) is 17.9 Å². The molecule has 0 spiro atoms. The number of amides is 1. The number of nitrogens with zero attached hydrogens (tertiary/aromatic N) is 2. The van der Waals surface area contributed by atoms with Gasteiger partial charge in [-0.2, -0.15) is 0 Å². The number of fused-ring (bicyclic) bond motifs is 2. The predicted octanol–water partition coefficient (Wildman–Crippen LogP) is 3.14. The molecule has 0 saturated heterocycles. The molecular formula is C21H21N3O2. The molecule has 5 nitrogen and oxygen atoms in total. The van der Waals surface area contributed by atoms with Gasteiger partial charge in [-0.3, -0.25) is 9.59 Å². The summed E-state index contributed by atoms with van der Waals surface area (Å²) in [4.78, 5) is 34.1. The molecule has 0 saturated carbocycles. The number of rotatable bonds is 3. The van der Waals surface area contributed by atoms with Crippen LogP contribution in [-0.2, 0) is 17.6 Å². The third-order valence-electron chi connectivity index (χ3n) is 4.90. The minimum Gasteiger partial charge on any atom is -0.319 e. The van der Waals surface area contributed by atoms with Crippen LogP contribution in [0.4, 0.5) is 5.69 Å². The molecule has 2 heterocycles. The molecule has 0 atom stereocenters. The van der Waals surface area contributed by atoms with Gasteiger partial charge in [-0.05, 0) is 43.5 Å². The third-order valence-corrected chi connectivity index (χ3v) is 4.90. The van der Waals surface area contributed by atoms with Crippen molar-refractivity contribution in [2.45, 2.75) is 32.6 Å². The van der Waals surface area contributed by atoms with Crippen molar-refractivity contribution in [2.75, 3.05) is 11.4 Å². The minimum atomic E-state index is -0.217. The number of anilines is 1. The molecule has 1 N–H and O–H groups in total. The van der Waals surface area contributed by atoms with Crippen LogP contribution in [0, 0.1) is 6.92 Å². The highest BCUT2D eigenvalue weighted by molar-refractivity contribution is 5.94. The van der Waals surface area contributed by atoms with Crippen molar-refractivity contribution in [1.29, 1.82) is 0 Å². The summed E-state index contributed by atoms with van der Waals surface area (Å²) in [5.41, 5.74) is 5.11. The van der Waals surface area contributed by atoms with Gasteiger partial charge >= 0.3 is 0 Å². The van der Waals surface area contributed by atoms with Gasteiger partial charge in [-0.25, -0.2) is 4.98 Å². The molecule has 1 aromatic heterocycles. The Labute approximate surface area is 151 Å². The molecule has 1 aliphatic rings. The smallest absolute Gasteiger partial charge is 0.270 e. The van der Waals surface area contributed by atoms with Crippen LogP contribution in [0.15, 0.2) is 47.3 Å². The first-order valence-corrected chi connectivity index (χ1v) is 8.99. The Kier molecular flexibility index (Phi) is 4.29. The number of hydrogen-bond acceptors (Lipinski definition) is 3. The molecule has 0 bridgehead atoms. The highest BCUT2D eigenvalue weighted by Gasteiger charge is 2.22. The van der Waals surface area contributed by atoms with Gasteiger partial charge in [0.25, 0.3) is 5.56 Å². The average molecular weight is 347 g/mol. The Balaban J connectivity index is 1.53. The van der Waals surface area contributed by atoms with E-state index >= 15 is 0 Å². The van der Waals surface area contributed by atoms with E-state index < -0.39 is 0 Å². The first kappa shape index (κ1) is 16.5. The Bertz CT molecular complexity index is 1040. The van der Waals surface area contributed by atoms with Crippen LogP contribution in [0.5, 0.6) is 0 Å². The maximum absolute atomic E-state index is 12.8. The maximum Gasteiger partial charge on any atom is 0.270 e. The molecule has 0 radical (unpaired) electrons. The molecular weight excluding hydrogens is 326 g/mol. The number of nitrogens with one attached hydrogen (secondary N) is 1. The second-order valence-corrected chi connectivity index (χ2v) is 6.81. The number of aromatic amines is 1. The molecule has 1 aliphatic heterocycles. The summed E-state index contributed by atoms with van der Waals surface area (Å²) in [6, 6.07) is 13.7. The van der Waals surface area contributed by atoms with Crippen molar-refractivity contribution < 1.29 is 4.79 Å². The van der Waals surface area contributed by atoms with E-state index in [2.05, 4.69) is 23.0 Å². The van der Waals surface area contributed by atoms with E-state index in [9.17, 15) is 9.59 Å². The van der Waals surface area contributed by atoms with Gasteiger partial charge in [0.1, 0.15) is 5.69 Å². The standard InChI is InChI=1S/C21H21N3O2/c1-14-8-10-19-15(13-14)5-4-12-24(19)20(25)11-9-18-21(26)23-17-7-3-2-6-16(17)22-18/h2-3,6-8,10,13H,4-5,9,11-12H2,1H3,(H,23,26). The zero-order chi connectivity index (χ0) is 18.1. The SMILES string of the molecule is Cc1ccc2c(c1)CCCN2C(=O)CCc1nc2ccccc2[nH]c1=O. The van der Waals surface area contributed by atoms with Crippen molar-refractivity contribution in [3.63, 3.8) is 0 Å². The lowest BCUT2D eigenvalue weighted by molar-refractivity contribution is -0.118. The van der Waals surface area contributed by atoms with Gasteiger partial charge in [-0.15, -0.1) is 0 Å². The number of carbonyl (C=O) groups excluding carboxylic acids is 1. The molecule has 5 heteroatoms. The average Bonchev–Trinajstić information content (AvgIpc) is 2.65. The second kappa shape index (κ2) is 6.75. The number of benzene rings is 2. The molecule has 2 aromatic carbocycles. The molecule has 3 aromatic rings. The van der Waals surface area contributed by atoms with Gasteiger partial charge in [0.15, 0.2) is 0 Å². The zero-order valence-electron chi connectivity index (χ0n) is 14.8. The lowest BCUT2D eigenvalue weighted by Crippen LogP contribution is -2.36. The fourth-order valence-electron chi connectivity index (χ4n) is 3.58. The number of H-pyrrole nitrogens is 1. The number of carbonyl (C=O) groups is 1. The van der Waals surface area contributed by atoms with Gasteiger partial charge in [0.05, 0.1) is 11.0 Å². The fourth-order valence-corrected chi connectivity index (χ4v) is 3.58. The predicted molar refractivity (Wildman–Crippen MR) is 103 cm³/mol. The van der Waals surface area contributed by atoms with E-state index in [1.54, 1.807) is 0 Å². The molecule has 4 rings (SSSR count). The molecule has 0 fully saturated rings. The highest BCUT2D eigenvalue weighted by atomic mass is 16.2. The Hall–Kier alpha value is -2.95. The summed E-state index contributed by atoms with van der Waals surface area (Å²) in [6.07, 6.45) is 2.60. The van der Waals surface area contributed by atoms with Crippen LogP contribution in [0.2, 0.25) is 0 Å². The van der Waals surface area contributed by atoms with Crippen molar-refractivity contribution in [3.05, 3.63) is 69.6 Å². The number of aryl methyl sites for hydroxylation is 3. The van der Waals surface area contributed by atoms with Gasteiger partial charge in [0.2, 0.25) is 5.91 Å². The summed E-state index contributed by atoms with van der Waals surface area (Å²) in [7, 11) is 0. The Morgan fingerprint density at radius 3 is 2.96 bits per heavy atom. The van der Waals surface area contributed by atoms with Crippen molar-refractivity contribution in [2.24, 2.45) is 0 Å². The number of hydrogen-bond donors (Lipinski definition) is 1. The minimum absolute atomic E-state index is 0.0455. The van der Waals surface area contributed by atoms with E-state index in [1.807, 2.05) is 41.3 Å². The molecule has 132 valence electrons. The van der Waals surface area contributed by atoms with E-state index in [1.165, 1.54) is 11.1 Å². The molecule has 1 amide bonds. The largest absolute Gasteiger partial charge is 0.319 e. The second-order valence-electron chi connectivity index (χ2n) is 6.81. The van der Waals surface area contributed by atoms with Gasteiger partial charge in [-0.1, -0.05) is 29.8 Å². The summed E-state index contributed by atoms with van der Waals surface area (Å²) < 4.78 is 0. The molecule has 0 unspecified atom stereocenters.